The van der Waals surface area contributed by atoms with Crippen LogP contribution in [-0.2, 0) is 9.59 Å². The lowest BCUT2D eigenvalue weighted by molar-refractivity contribution is -0.123. The van der Waals surface area contributed by atoms with E-state index in [1.54, 1.807) is 0 Å². The maximum Gasteiger partial charge on any atom is 0.262 e. The second kappa shape index (κ2) is 18.9. The SMILES string of the molecule is CC1C(=O)NN=C2COc3cc(Br)c(NC4(C)CN(C(c5ccccc5)c5ccccc5)C4)cc3N21.CC1C(=O)NN=C2COc3ccc(NC4(C)CN(C(c5ccccc5)c5ccccc5)C4)cc3N21. The van der Waals surface area contributed by atoms with Gasteiger partial charge in [0.1, 0.15) is 36.8 Å². The van der Waals surface area contributed by atoms with Crippen molar-refractivity contribution in [1.29, 1.82) is 0 Å². The predicted molar refractivity (Wildman–Crippen MR) is 283 cm³/mol. The van der Waals surface area contributed by atoms with Gasteiger partial charge in [0.05, 0.1) is 40.2 Å². The van der Waals surface area contributed by atoms with Gasteiger partial charge < -0.3 is 29.9 Å². The molecule has 0 saturated carbocycles. The first-order chi connectivity index (χ1) is 34.4. The number of halogens is 1. The number of amides is 2. The third kappa shape index (κ3) is 9.09. The summed E-state index contributed by atoms with van der Waals surface area (Å²) in [7, 11) is 0. The number of benzene rings is 6. The Morgan fingerprint density at radius 2 is 0.972 bits per heavy atom. The van der Waals surface area contributed by atoms with Crippen molar-refractivity contribution >= 4 is 62.2 Å². The Morgan fingerprint density at radius 3 is 1.42 bits per heavy atom. The average molecular weight is 1010 g/mol. The molecule has 2 atom stereocenters. The van der Waals surface area contributed by atoms with E-state index < -0.39 is 0 Å². The fourth-order valence-electron chi connectivity index (χ4n) is 10.9. The highest BCUT2D eigenvalue weighted by atomic mass is 79.9. The van der Waals surface area contributed by atoms with Gasteiger partial charge in [0.25, 0.3) is 11.8 Å². The number of hydrogen-bond donors (Lipinski definition) is 4. The minimum Gasteiger partial charge on any atom is -0.483 e. The number of carbonyl (C=O) groups is 2. The number of fused-ring (bicyclic) bond motifs is 6. The molecule has 4 N–H and O–H groups in total. The van der Waals surface area contributed by atoms with Crippen LogP contribution in [0.2, 0.25) is 0 Å². The normalized spacial score (nSPS) is 20.5. The third-order valence-electron chi connectivity index (χ3n) is 14.2. The molecule has 0 spiro atoms. The van der Waals surface area contributed by atoms with Gasteiger partial charge in [-0.3, -0.25) is 19.4 Å². The van der Waals surface area contributed by atoms with Crippen LogP contribution in [0.1, 0.15) is 62.0 Å². The first-order valence-corrected chi connectivity index (χ1v) is 25.0. The molecule has 6 aromatic rings. The molecule has 2 unspecified atom stereocenters. The number of hydrazone groups is 2. The lowest BCUT2D eigenvalue weighted by atomic mass is 9.86. The topological polar surface area (TPSA) is 138 Å². The molecule has 0 radical (unpaired) electrons. The zero-order valence-corrected chi connectivity index (χ0v) is 41.8. The van der Waals surface area contributed by atoms with Gasteiger partial charge in [-0.05, 0) is 96.2 Å². The van der Waals surface area contributed by atoms with Crippen molar-refractivity contribution < 1.29 is 19.1 Å². The Balaban J connectivity index is 0.000000154. The standard InChI is InChI=1S/C28H28BrN5O2.C28H29N5O2/c1-18-27(35)32-31-25-15-36-24-13-21(29)22(14-23(24)34(18)25)30-28(2)16-33(17-28)26(19-9-5-3-6-10-19)20-11-7-4-8-12-20;1-19-27(34)31-30-25-16-35-24-14-13-22(15-23(24)33(19)25)29-28(2)17-32(18-28)26(20-9-5-3-6-10-20)21-11-7-4-8-12-21/h3-14,18,26,30H,15-17H2,1-2H3,(H,32,35);3-15,19,26,29H,16-18H2,1-2H3,(H,31,34). The number of anilines is 4. The summed E-state index contributed by atoms with van der Waals surface area (Å²) in [5.41, 5.74) is 13.9. The van der Waals surface area contributed by atoms with E-state index in [4.69, 9.17) is 9.47 Å². The van der Waals surface area contributed by atoms with E-state index in [0.717, 1.165) is 70.7 Å². The van der Waals surface area contributed by atoms with Gasteiger partial charge >= 0.3 is 0 Å². The van der Waals surface area contributed by atoms with Crippen molar-refractivity contribution in [2.24, 2.45) is 10.2 Å². The molecule has 12 rings (SSSR count). The van der Waals surface area contributed by atoms with Gasteiger partial charge in [0.2, 0.25) is 0 Å². The Kier molecular flexibility index (Phi) is 12.3. The number of hydrogen-bond acceptors (Lipinski definition) is 12. The zero-order chi connectivity index (χ0) is 48.9. The van der Waals surface area contributed by atoms with Crippen molar-refractivity contribution in [2.75, 3.05) is 59.8 Å². The first kappa shape index (κ1) is 46.2. The molecule has 2 fully saturated rings. The van der Waals surface area contributed by atoms with Gasteiger partial charge in [-0.1, -0.05) is 121 Å². The van der Waals surface area contributed by atoms with E-state index in [-0.39, 0.29) is 47.1 Å². The Hall–Kier alpha value is -7.20. The van der Waals surface area contributed by atoms with E-state index in [0.29, 0.717) is 19.0 Å². The fraction of sp³-hybridized carbons (Fsp3) is 0.286. The minimum absolute atomic E-state index is 0.0760. The molecule has 6 aromatic carbocycles. The lowest BCUT2D eigenvalue weighted by Gasteiger charge is -2.52. The fourth-order valence-corrected chi connectivity index (χ4v) is 11.3. The number of amidine groups is 2. The molecular weight excluding hydrogens is 957 g/mol. The smallest absolute Gasteiger partial charge is 0.262 e. The summed E-state index contributed by atoms with van der Waals surface area (Å²) in [5, 5.41) is 15.9. The number of carbonyl (C=O) groups excluding carboxylic acids is 2. The van der Waals surface area contributed by atoms with E-state index in [9.17, 15) is 9.59 Å². The number of likely N-dealkylation sites (tertiary alicyclic amines) is 2. The van der Waals surface area contributed by atoms with Crippen molar-refractivity contribution in [3.63, 3.8) is 0 Å². The minimum atomic E-state index is -0.360. The maximum absolute atomic E-state index is 12.3. The summed E-state index contributed by atoms with van der Waals surface area (Å²) in [6.07, 6.45) is 0. The van der Waals surface area contributed by atoms with Crippen molar-refractivity contribution in [3.8, 4) is 11.5 Å². The van der Waals surface area contributed by atoms with Crippen LogP contribution in [0.15, 0.2) is 166 Å². The van der Waals surface area contributed by atoms with Crippen molar-refractivity contribution in [3.05, 3.63) is 178 Å². The molecule has 2 saturated heterocycles. The quantitative estimate of drug-likeness (QED) is 0.105. The summed E-state index contributed by atoms with van der Waals surface area (Å²) >= 11 is 3.73. The summed E-state index contributed by atoms with van der Waals surface area (Å²) < 4.78 is 12.8. The highest BCUT2D eigenvalue weighted by Crippen LogP contribution is 2.45. The third-order valence-corrected chi connectivity index (χ3v) is 14.9. The van der Waals surface area contributed by atoms with Crippen molar-refractivity contribution in [1.82, 2.24) is 20.7 Å². The molecule has 0 bridgehead atoms. The summed E-state index contributed by atoms with van der Waals surface area (Å²) in [6.45, 7) is 12.5. The van der Waals surface area contributed by atoms with Crippen LogP contribution in [0.5, 0.6) is 11.5 Å². The summed E-state index contributed by atoms with van der Waals surface area (Å²) in [5.74, 6) is 2.69. The Bertz CT molecular complexity index is 2920. The van der Waals surface area contributed by atoms with Crippen LogP contribution in [0.25, 0.3) is 0 Å². The summed E-state index contributed by atoms with van der Waals surface area (Å²) in [6, 6.07) is 52.6. The Labute approximate surface area is 422 Å². The monoisotopic (exact) mass is 1010 g/mol. The zero-order valence-electron chi connectivity index (χ0n) is 40.2. The van der Waals surface area contributed by atoms with Crippen LogP contribution in [0.4, 0.5) is 22.7 Å². The van der Waals surface area contributed by atoms with Crippen molar-refractivity contribution in [2.45, 2.75) is 62.9 Å². The van der Waals surface area contributed by atoms with E-state index in [1.165, 1.54) is 22.3 Å². The van der Waals surface area contributed by atoms with Crippen LogP contribution in [0, 0.1) is 0 Å². The Morgan fingerprint density at radius 1 is 0.563 bits per heavy atom. The molecule has 0 aliphatic carbocycles. The molecule has 0 aromatic heterocycles. The van der Waals surface area contributed by atoms with Crippen LogP contribution < -0.4 is 40.8 Å². The molecule has 2 amide bonds. The molecule has 14 nitrogen and oxygen atoms in total. The average Bonchev–Trinajstić information content (AvgIpc) is 3.37. The molecule has 6 aliphatic heterocycles. The summed E-state index contributed by atoms with van der Waals surface area (Å²) in [4.78, 5) is 33.5. The molecule has 15 heteroatoms. The van der Waals surface area contributed by atoms with E-state index >= 15 is 0 Å². The molecule has 6 aliphatic rings. The maximum atomic E-state index is 12.3. The largest absolute Gasteiger partial charge is 0.483 e. The highest BCUT2D eigenvalue weighted by Gasteiger charge is 2.45. The van der Waals surface area contributed by atoms with E-state index in [1.807, 2.05) is 35.8 Å². The number of nitrogens with one attached hydrogen (secondary N) is 4. The van der Waals surface area contributed by atoms with E-state index in [2.05, 4.69) is 211 Å². The van der Waals surface area contributed by atoms with Gasteiger partial charge in [0.15, 0.2) is 11.7 Å². The second-order valence-electron chi connectivity index (χ2n) is 19.8. The van der Waals surface area contributed by atoms with Gasteiger partial charge in [0, 0.05) is 36.3 Å². The predicted octanol–water partition coefficient (Wildman–Crippen LogP) is 8.75. The molecule has 362 valence electrons. The number of nitrogens with zero attached hydrogens (tertiary/aromatic N) is 6. The second-order valence-corrected chi connectivity index (χ2v) is 20.6. The molecule has 71 heavy (non-hydrogen) atoms. The van der Waals surface area contributed by atoms with Gasteiger partial charge in [-0.15, -0.1) is 0 Å². The molecular formula is C56H57BrN10O4. The highest BCUT2D eigenvalue weighted by molar-refractivity contribution is 9.10. The number of rotatable bonds is 10. The van der Waals surface area contributed by atoms with Crippen LogP contribution in [-0.4, -0.2) is 95.8 Å². The first-order valence-electron chi connectivity index (χ1n) is 24.2. The lowest BCUT2D eigenvalue weighted by Crippen LogP contribution is -2.64. The van der Waals surface area contributed by atoms with Crippen LogP contribution >= 0.6 is 15.9 Å². The molecule has 6 heterocycles. The van der Waals surface area contributed by atoms with Crippen LogP contribution in [0.3, 0.4) is 0 Å². The van der Waals surface area contributed by atoms with Gasteiger partial charge in [-0.2, -0.15) is 10.2 Å². The number of ether oxygens (including phenoxy) is 2. The van der Waals surface area contributed by atoms with Gasteiger partial charge in [-0.25, -0.2) is 10.9 Å².